The number of ether oxygens (including phenoxy) is 1. The quantitative estimate of drug-likeness (QED) is 0.415. The van der Waals surface area contributed by atoms with Crippen LogP contribution in [0.1, 0.15) is 92.4 Å². The minimum Gasteiger partial charge on any atom is -0.783 e. The lowest BCUT2D eigenvalue weighted by Crippen LogP contribution is -2.58. The first kappa shape index (κ1) is 22.9. The molecule has 0 aromatic carbocycles. The molecule has 4 saturated carbocycles. The van der Waals surface area contributed by atoms with Crippen LogP contribution in [-0.2, 0) is 9.57 Å². The molecule has 1 aliphatic heterocycles. The summed E-state index contributed by atoms with van der Waals surface area (Å²) in [6.45, 7) is 11.5. The molecular formula is C25H41N2O5-. The van der Waals surface area contributed by atoms with Crippen molar-refractivity contribution in [2.24, 2.45) is 40.4 Å². The molecule has 0 N–H and O–H groups in total. The minimum absolute atomic E-state index is 0.147. The molecule has 6 unspecified atom stereocenters. The maximum absolute atomic E-state index is 13.3. The summed E-state index contributed by atoms with van der Waals surface area (Å²) in [6, 6.07) is 0. The van der Waals surface area contributed by atoms with Crippen LogP contribution in [0.4, 0.5) is 0 Å². The van der Waals surface area contributed by atoms with Gasteiger partial charge in [0.2, 0.25) is 0 Å². The maximum atomic E-state index is 13.3. The van der Waals surface area contributed by atoms with Gasteiger partial charge < -0.3 is 19.8 Å². The average Bonchev–Trinajstić information content (AvgIpc) is 3.18. The first-order valence-electron chi connectivity index (χ1n) is 12.8. The van der Waals surface area contributed by atoms with Gasteiger partial charge in [-0.05, 0) is 113 Å². The molecule has 5 rings (SSSR count). The predicted molar refractivity (Wildman–Crippen MR) is 121 cm³/mol. The number of hydrogen-bond acceptors (Lipinski definition) is 6. The number of fused-ring (bicyclic) bond motifs is 5. The van der Waals surface area contributed by atoms with Gasteiger partial charge in [0.1, 0.15) is 11.8 Å². The van der Waals surface area contributed by atoms with E-state index in [-0.39, 0.29) is 22.9 Å². The van der Waals surface area contributed by atoms with Crippen LogP contribution in [0.25, 0.3) is 0 Å². The Kier molecular flexibility index (Phi) is 5.20. The molecule has 5 fully saturated rings. The van der Waals surface area contributed by atoms with Crippen molar-refractivity contribution < 1.29 is 14.7 Å². The summed E-state index contributed by atoms with van der Waals surface area (Å²) in [6.07, 6.45) is 9.45. The van der Waals surface area contributed by atoms with Crippen molar-refractivity contribution in [1.82, 2.24) is 5.06 Å². The first-order chi connectivity index (χ1) is 14.9. The third kappa shape index (κ3) is 3.09. The highest BCUT2D eigenvalue weighted by Gasteiger charge is 2.64. The molecule has 0 spiro atoms. The number of rotatable bonds is 3. The standard InChI is InChI=1S/C25H41N2O5/c1-22(2)15-31-25(5,26(22)28)21-9-8-19-18-7-6-16-14-17(32-27(29)30)10-12-23(16,3)20(18)11-13-24(19,21)4/h16-21H,6-15H2,1-5H3/q-1/t16?,17-,18?,19?,20?,21?,23+,24+,25?/m1/s1. The minimum atomic E-state index is -0.723. The fraction of sp³-hybridized carbons (Fsp3) is 1.00. The molecule has 0 amide bonds. The lowest BCUT2D eigenvalue weighted by molar-refractivity contribution is -0.770. The van der Waals surface area contributed by atoms with Crippen LogP contribution in [0.3, 0.4) is 0 Å². The van der Waals surface area contributed by atoms with Gasteiger partial charge in [-0.3, -0.25) is 0 Å². The average molecular weight is 450 g/mol. The summed E-state index contributed by atoms with van der Waals surface area (Å²) < 4.78 is 6.30. The maximum Gasteiger partial charge on any atom is 0.294 e. The van der Waals surface area contributed by atoms with E-state index in [2.05, 4.69) is 13.8 Å². The Balaban J connectivity index is 1.36. The van der Waals surface area contributed by atoms with Gasteiger partial charge in [-0.1, -0.05) is 13.8 Å². The topological polar surface area (TPSA) is 87.9 Å². The third-order valence-corrected chi connectivity index (χ3v) is 11.2. The Bertz CT molecular complexity index is 775. The number of nitrogens with zero attached hydrogens (tertiary/aromatic N) is 2. The van der Waals surface area contributed by atoms with Gasteiger partial charge in [0.15, 0.2) is 0 Å². The van der Waals surface area contributed by atoms with Crippen molar-refractivity contribution in [2.75, 3.05) is 6.61 Å². The van der Waals surface area contributed by atoms with E-state index in [4.69, 9.17) is 9.57 Å². The Labute approximate surface area is 192 Å². The van der Waals surface area contributed by atoms with Crippen LogP contribution < -0.4 is 0 Å². The Morgan fingerprint density at radius 2 is 1.62 bits per heavy atom. The van der Waals surface area contributed by atoms with Crippen LogP contribution in [0.5, 0.6) is 0 Å². The SMILES string of the molecule is CC1(C)COC(C)(C2CCC3C4CCC5C[C@H](O[N+](=O)[O-])CC[C@]5(C)C4CC[C@@]32C)N1[O-]. The van der Waals surface area contributed by atoms with Gasteiger partial charge in [-0.25, -0.2) is 0 Å². The van der Waals surface area contributed by atoms with Gasteiger partial charge in [0.25, 0.3) is 5.09 Å². The summed E-state index contributed by atoms with van der Waals surface area (Å²) in [7, 11) is 0. The van der Waals surface area contributed by atoms with Gasteiger partial charge in [0, 0.05) is 11.5 Å². The first-order valence-corrected chi connectivity index (χ1v) is 12.8. The molecule has 7 heteroatoms. The number of hydroxylamine groups is 2. The van der Waals surface area contributed by atoms with Crippen LogP contribution in [0.15, 0.2) is 0 Å². The van der Waals surface area contributed by atoms with Gasteiger partial charge in [-0.15, -0.1) is 10.1 Å². The summed E-state index contributed by atoms with van der Waals surface area (Å²) >= 11 is 0. The lowest BCUT2D eigenvalue weighted by Gasteiger charge is -2.62. The normalized spacial score (nSPS) is 52.7. The molecule has 5 aliphatic rings. The highest BCUT2D eigenvalue weighted by Crippen LogP contribution is 2.69. The predicted octanol–water partition coefficient (Wildman–Crippen LogP) is 5.55. The molecule has 7 nitrogen and oxygen atoms in total. The summed E-state index contributed by atoms with van der Waals surface area (Å²) in [5.41, 5.74) is -0.775. The van der Waals surface area contributed by atoms with Crippen molar-refractivity contribution in [3.05, 3.63) is 15.3 Å². The van der Waals surface area contributed by atoms with Crippen LogP contribution in [-0.4, -0.2) is 34.1 Å². The zero-order valence-corrected chi connectivity index (χ0v) is 20.5. The fourth-order valence-electron chi connectivity index (χ4n) is 9.60. The molecule has 0 radical (unpaired) electrons. The van der Waals surface area contributed by atoms with E-state index in [1.807, 2.05) is 20.8 Å². The van der Waals surface area contributed by atoms with Crippen molar-refractivity contribution in [1.29, 1.82) is 0 Å². The molecule has 182 valence electrons. The van der Waals surface area contributed by atoms with Gasteiger partial charge in [-0.2, -0.15) is 0 Å². The summed E-state index contributed by atoms with van der Waals surface area (Å²) in [5, 5.41) is 24.9. The molecule has 0 bridgehead atoms. The van der Waals surface area contributed by atoms with E-state index in [1.54, 1.807) is 0 Å². The van der Waals surface area contributed by atoms with Crippen LogP contribution in [0, 0.1) is 55.7 Å². The van der Waals surface area contributed by atoms with Gasteiger partial charge >= 0.3 is 0 Å². The van der Waals surface area contributed by atoms with E-state index in [0.717, 1.165) is 38.5 Å². The number of hydrogen-bond donors (Lipinski definition) is 0. The van der Waals surface area contributed by atoms with Crippen LogP contribution >= 0.6 is 0 Å². The Morgan fingerprint density at radius 3 is 2.28 bits per heavy atom. The Morgan fingerprint density at radius 1 is 0.938 bits per heavy atom. The molecule has 1 heterocycles. The zero-order valence-electron chi connectivity index (χ0n) is 20.5. The molecule has 4 aliphatic carbocycles. The summed E-state index contributed by atoms with van der Waals surface area (Å²) in [5.74, 6) is 2.83. The van der Waals surface area contributed by atoms with E-state index >= 15 is 0 Å². The second kappa shape index (κ2) is 7.29. The molecule has 9 atom stereocenters. The van der Waals surface area contributed by atoms with Crippen LogP contribution in [0.2, 0.25) is 0 Å². The van der Waals surface area contributed by atoms with Crippen molar-refractivity contribution in [3.8, 4) is 0 Å². The second-order valence-corrected chi connectivity index (χ2v) is 13.0. The smallest absolute Gasteiger partial charge is 0.294 e. The van der Waals surface area contributed by atoms with E-state index in [0.29, 0.717) is 30.3 Å². The molecule has 32 heavy (non-hydrogen) atoms. The monoisotopic (exact) mass is 449 g/mol. The van der Waals surface area contributed by atoms with E-state index in [9.17, 15) is 15.3 Å². The van der Waals surface area contributed by atoms with Crippen molar-refractivity contribution in [3.63, 3.8) is 0 Å². The highest BCUT2D eigenvalue weighted by molar-refractivity contribution is 5.13. The molecule has 1 saturated heterocycles. The molecule has 0 aromatic heterocycles. The molecule has 0 aromatic rings. The summed E-state index contributed by atoms with van der Waals surface area (Å²) in [4.78, 5) is 15.9. The highest BCUT2D eigenvalue weighted by atomic mass is 17.0. The zero-order chi connectivity index (χ0) is 23.1. The lowest BCUT2D eigenvalue weighted by atomic mass is 9.44. The van der Waals surface area contributed by atoms with E-state index < -0.39 is 16.4 Å². The Hall–Kier alpha value is -0.920. The van der Waals surface area contributed by atoms with E-state index in [1.165, 1.54) is 24.3 Å². The molecular weight excluding hydrogens is 408 g/mol. The van der Waals surface area contributed by atoms with Crippen molar-refractivity contribution >= 4 is 0 Å². The fourth-order valence-corrected chi connectivity index (χ4v) is 9.60. The largest absolute Gasteiger partial charge is 0.783 e. The second-order valence-electron chi connectivity index (χ2n) is 13.0. The van der Waals surface area contributed by atoms with Gasteiger partial charge in [0.05, 0.1) is 6.61 Å². The van der Waals surface area contributed by atoms with Crippen molar-refractivity contribution in [2.45, 2.75) is 110 Å². The third-order valence-electron chi connectivity index (χ3n) is 11.2.